The Morgan fingerprint density at radius 2 is 2.00 bits per heavy atom. The zero-order chi connectivity index (χ0) is 19.8. The lowest BCUT2D eigenvalue weighted by molar-refractivity contribution is -0.113. The number of halogens is 1. The second-order valence-electron chi connectivity index (χ2n) is 6.84. The SMILES string of the molecule is CC1=C(C(=O)Nc2ccc(C)cc2C)C(c2cccc(Br)c2)n2nnnc2N1. The Morgan fingerprint density at radius 1 is 1.18 bits per heavy atom. The van der Waals surface area contributed by atoms with E-state index in [-0.39, 0.29) is 5.91 Å². The number of allylic oxidation sites excluding steroid dienone is 1. The van der Waals surface area contributed by atoms with Crippen molar-refractivity contribution < 1.29 is 4.79 Å². The van der Waals surface area contributed by atoms with Crippen LogP contribution in [-0.4, -0.2) is 26.1 Å². The number of hydrogen-bond donors (Lipinski definition) is 2. The highest BCUT2D eigenvalue weighted by molar-refractivity contribution is 9.10. The highest BCUT2D eigenvalue weighted by Crippen LogP contribution is 2.35. The van der Waals surface area contributed by atoms with Gasteiger partial charge >= 0.3 is 0 Å². The third-order valence-corrected chi connectivity index (χ3v) is 5.25. The van der Waals surface area contributed by atoms with Crippen molar-refractivity contribution in [2.45, 2.75) is 26.8 Å². The monoisotopic (exact) mass is 438 g/mol. The molecule has 28 heavy (non-hydrogen) atoms. The first kappa shape index (κ1) is 18.4. The molecule has 1 aliphatic heterocycles. The van der Waals surface area contributed by atoms with E-state index in [0.717, 1.165) is 32.5 Å². The van der Waals surface area contributed by atoms with Crippen molar-refractivity contribution >= 4 is 33.5 Å². The van der Waals surface area contributed by atoms with Gasteiger partial charge in [0, 0.05) is 15.9 Å². The molecule has 1 aliphatic rings. The van der Waals surface area contributed by atoms with Gasteiger partial charge in [0.05, 0.1) is 5.57 Å². The third-order valence-electron chi connectivity index (χ3n) is 4.75. The molecule has 0 aliphatic carbocycles. The van der Waals surface area contributed by atoms with Gasteiger partial charge in [0.2, 0.25) is 5.95 Å². The van der Waals surface area contributed by atoms with Gasteiger partial charge < -0.3 is 10.6 Å². The molecule has 0 saturated carbocycles. The van der Waals surface area contributed by atoms with Gasteiger partial charge in [-0.25, -0.2) is 0 Å². The number of carbonyl (C=O) groups excluding carboxylic acids is 1. The molecule has 0 fully saturated rings. The Balaban J connectivity index is 1.77. The van der Waals surface area contributed by atoms with Crippen molar-refractivity contribution in [3.63, 3.8) is 0 Å². The van der Waals surface area contributed by atoms with Gasteiger partial charge in [0.25, 0.3) is 5.91 Å². The maximum atomic E-state index is 13.3. The van der Waals surface area contributed by atoms with Crippen LogP contribution in [0.1, 0.15) is 29.7 Å². The Hall–Kier alpha value is -3.00. The summed E-state index contributed by atoms with van der Waals surface area (Å²) in [5.74, 6) is 0.314. The number of aromatic nitrogens is 4. The molecule has 2 aromatic carbocycles. The van der Waals surface area contributed by atoms with E-state index in [1.807, 2.05) is 63.2 Å². The summed E-state index contributed by atoms with van der Waals surface area (Å²) < 4.78 is 2.55. The highest BCUT2D eigenvalue weighted by atomic mass is 79.9. The van der Waals surface area contributed by atoms with E-state index >= 15 is 0 Å². The third kappa shape index (κ3) is 3.31. The van der Waals surface area contributed by atoms with Gasteiger partial charge in [-0.05, 0) is 60.5 Å². The molecule has 1 amide bonds. The van der Waals surface area contributed by atoms with Crippen LogP contribution in [0.3, 0.4) is 0 Å². The first-order valence-corrected chi connectivity index (χ1v) is 9.63. The van der Waals surface area contributed by atoms with Crippen LogP contribution in [0.2, 0.25) is 0 Å². The number of benzene rings is 2. The summed E-state index contributed by atoms with van der Waals surface area (Å²) in [5, 5.41) is 18.1. The van der Waals surface area contributed by atoms with E-state index < -0.39 is 6.04 Å². The summed E-state index contributed by atoms with van der Waals surface area (Å²) in [6.45, 7) is 5.87. The maximum absolute atomic E-state index is 13.3. The second-order valence-corrected chi connectivity index (χ2v) is 7.76. The molecule has 142 valence electrons. The van der Waals surface area contributed by atoms with Crippen LogP contribution in [-0.2, 0) is 4.79 Å². The Kier molecular flexibility index (Phi) is 4.72. The highest BCUT2D eigenvalue weighted by Gasteiger charge is 2.34. The Labute approximate surface area is 171 Å². The van der Waals surface area contributed by atoms with Crippen LogP contribution < -0.4 is 10.6 Å². The maximum Gasteiger partial charge on any atom is 0.255 e. The van der Waals surface area contributed by atoms with Crippen LogP contribution in [0.4, 0.5) is 11.6 Å². The van der Waals surface area contributed by atoms with Crippen molar-refractivity contribution in [1.82, 2.24) is 20.2 Å². The number of amides is 1. The minimum Gasteiger partial charge on any atom is -0.326 e. The zero-order valence-electron chi connectivity index (χ0n) is 15.7. The molecule has 1 aromatic heterocycles. The number of rotatable bonds is 3. The van der Waals surface area contributed by atoms with Gasteiger partial charge in [-0.1, -0.05) is 50.9 Å². The van der Waals surface area contributed by atoms with Crippen LogP contribution in [0.5, 0.6) is 0 Å². The zero-order valence-corrected chi connectivity index (χ0v) is 17.3. The quantitative estimate of drug-likeness (QED) is 0.645. The first-order chi connectivity index (χ1) is 13.4. The summed E-state index contributed by atoms with van der Waals surface area (Å²) in [5.41, 5.74) is 5.14. The number of hydrogen-bond acceptors (Lipinski definition) is 5. The summed E-state index contributed by atoms with van der Waals surface area (Å²) in [6.07, 6.45) is 0. The minimum absolute atomic E-state index is 0.192. The molecule has 0 saturated heterocycles. The molecule has 4 rings (SSSR count). The van der Waals surface area contributed by atoms with Crippen molar-refractivity contribution in [1.29, 1.82) is 0 Å². The predicted octanol–water partition coefficient (Wildman–Crippen LogP) is 3.98. The topological polar surface area (TPSA) is 84.7 Å². The van der Waals surface area contributed by atoms with Crippen molar-refractivity contribution in [2.24, 2.45) is 0 Å². The van der Waals surface area contributed by atoms with Gasteiger partial charge in [-0.3, -0.25) is 4.79 Å². The van der Waals surface area contributed by atoms with Gasteiger partial charge in [-0.15, -0.1) is 0 Å². The van der Waals surface area contributed by atoms with E-state index in [4.69, 9.17) is 0 Å². The second kappa shape index (κ2) is 7.20. The van der Waals surface area contributed by atoms with Crippen LogP contribution >= 0.6 is 15.9 Å². The molecule has 0 bridgehead atoms. The number of aryl methyl sites for hydroxylation is 2. The van der Waals surface area contributed by atoms with Gasteiger partial charge in [0.15, 0.2) is 0 Å². The number of nitrogens with zero attached hydrogens (tertiary/aromatic N) is 4. The molecule has 0 spiro atoms. The molecular formula is C20H19BrN6O. The molecule has 2 heterocycles. The number of tetrazole rings is 1. The van der Waals surface area contributed by atoms with E-state index in [0.29, 0.717) is 11.5 Å². The fraction of sp³-hybridized carbons (Fsp3) is 0.200. The van der Waals surface area contributed by atoms with Crippen molar-refractivity contribution in [3.8, 4) is 0 Å². The van der Waals surface area contributed by atoms with Crippen LogP contribution in [0.15, 0.2) is 58.2 Å². The van der Waals surface area contributed by atoms with E-state index in [1.165, 1.54) is 0 Å². The largest absolute Gasteiger partial charge is 0.326 e. The average Bonchev–Trinajstić information content (AvgIpc) is 3.10. The molecule has 0 radical (unpaired) electrons. The lowest BCUT2D eigenvalue weighted by Gasteiger charge is -2.28. The van der Waals surface area contributed by atoms with E-state index in [2.05, 4.69) is 42.1 Å². The minimum atomic E-state index is -0.436. The van der Waals surface area contributed by atoms with Crippen LogP contribution in [0.25, 0.3) is 0 Å². The Bertz CT molecular complexity index is 1100. The predicted molar refractivity (Wildman–Crippen MR) is 111 cm³/mol. The molecule has 3 aromatic rings. The fourth-order valence-electron chi connectivity index (χ4n) is 3.43. The summed E-state index contributed by atoms with van der Waals surface area (Å²) >= 11 is 3.51. The van der Waals surface area contributed by atoms with E-state index in [1.54, 1.807) is 4.68 Å². The normalized spacial score (nSPS) is 15.8. The van der Waals surface area contributed by atoms with E-state index in [9.17, 15) is 4.79 Å². The number of fused-ring (bicyclic) bond motifs is 1. The summed E-state index contributed by atoms with van der Waals surface area (Å²) in [4.78, 5) is 13.3. The van der Waals surface area contributed by atoms with Crippen LogP contribution in [0, 0.1) is 13.8 Å². The summed E-state index contributed by atoms with van der Waals surface area (Å²) in [7, 11) is 0. The fourth-order valence-corrected chi connectivity index (χ4v) is 3.85. The standard InChI is InChI=1S/C20H19BrN6O/c1-11-7-8-16(12(2)9-11)23-19(28)17-13(3)22-20-24-25-26-27(20)18(17)14-5-4-6-15(21)10-14/h4-10,18H,1-3H3,(H,23,28)(H,22,24,26). The lowest BCUT2D eigenvalue weighted by atomic mass is 9.95. The van der Waals surface area contributed by atoms with Gasteiger partial charge in [0.1, 0.15) is 6.04 Å². The average molecular weight is 439 g/mol. The number of nitrogens with one attached hydrogen (secondary N) is 2. The smallest absolute Gasteiger partial charge is 0.255 e. The first-order valence-electron chi connectivity index (χ1n) is 8.84. The number of carbonyl (C=O) groups is 1. The Morgan fingerprint density at radius 3 is 2.75 bits per heavy atom. The molecular weight excluding hydrogens is 420 g/mol. The molecule has 1 unspecified atom stereocenters. The van der Waals surface area contributed by atoms with Crippen molar-refractivity contribution in [2.75, 3.05) is 10.6 Å². The molecule has 8 heteroatoms. The molecule has 1 atom stereocenters. The summed E-state index contributed by atoms with van der Waals surface area (Å²) in [6, 6.07) is 13.3. The van der Waals surface area contributed by atoms with Gasteiger partial charge in [-0.2, -0.15) is 4.68 Å². The van der Waals surface area contributed by atoms with Crippen molar-refractivity contribution in [3.05, 3.63) is 74.9 Å². The molecule has 2 N–H and O–H groups in total. The molecule has 7 nitrogen and oxygen atoms in total. The lowest BCUT2D eigenvalue weighted by Crippen LogP contribution is -2.31. The number of anilines is 2.